The van der Waals surface area contributed by atoms with Gasteiger partial charge in [0.2, 0.25) is 0 Å². The van der Waals surface area contributed by atoms with E-state index in [-0.39, 0.29) is 12.7 Å². The number of aliphatic hydroxyl groups excluding tert-OH is 1. The second kappa shape index (κ2) is 8.00. The summed E-state index contributed by atoms with van der Waals surface area (Å²) in [5, 5.41) is 9.09. The summed E-state index contributed by atoms with van der Waals surface area (Å²) in [5.74, 6) is 1.41. The second-order valence-electron chi connectivity index (χ2n) is 5.11. The zero-order valence-corrected chi connectivity index (χ0v) is 13.2. The minimum absolute atomic E-state index is 0.143. The van der Waals surface area contributed by atoms with E-state index in [1.165, 1.54) is 12.0 Å². The van der Waals surface area contributed by atoms with Crippen molar-refractivity contribution in [2.75, 3.05) is 6.61 Å². The van der Waals surface area contributed by atoms with Crippen molar-refractivity contribution in [3.8, 4) is 0 Å². The molecule has 1 aliphatic rings. The third-order valence-electron chi connectivity index (χ3n) is 3.33. The topological polar surface area (TPSA) is 29.5 Å². The number of alkyl halides is 1. The second-order valence-corrected chi connectivity index (χ2v) is 6.10. The number of aliphatic hydroxyl groups is 1. The molecule has 0 aromatic heterocycles. The maximum Gasteiger partial charge on any atom is 0.116 e. The van der Waals surface area contributed by atoms with Crippen molar-refractivity contribution < 1.29 is 9.84 Å². The van der Waals surface area contributed by atoms with Gasteiger partial charge in [0.15, 0.2) is 0 Å². The van der Waals surface area contributed by atoms with Crippen LogP contribution in [-0.2, 0) is 4.74 Å². The third-order valence-corrected chi connectivity index (χ3v) is 4.88. The molecule has 0 aliphatic heterocycles. The van der Waals surface area contributed by atoms with Gasteiger partial charge in [-0.2, -0.15) is 0 Å². The molecule has 0 radical (unpaired) electrons. The summed E-state index contributed by atoms with van der Waals surface area (Å²) in [6.45, 7) is 6.68. The summed E-state index contributed by atoms with van der Waals surface area (Å²) in [5.41, 5.74) is 1.30. The lowest BCUT2D eigenvalue weighted by atomic mass is 9.96. The molecule has 3 atom stereocenters. The minimum Gasteiger partial charge on any atom is -0.491 e. The highest BCUT2D eigenvalue weighted by molar-refractivity contribution is 9.09. The molecular weight excluding hydrogens is 292 g/mol. The summed E-state index contributed by atoms with van der Waals surface area (Å²) < 4.78 is 6.03. The molecule has 1 aliphatic carbocycles. The fraction of sp³-hybridized carbons (Fsp3) is 0.733. The number of rotatable bonds is 7. The van der Waals surface area contributed by atoms with Crippen LogP contribution in [0.15, 0.2) is 23.5 Å². The fourth-order valence-electron chi connectivity index (χ4n) is 2.21. The lowest BCUT2D eigenvalue weighted by Gasteiger charge is -2.26. The van der Waals surface area contributed by atoms with E-state index in [4.69, 9.17) is 9.84 Å². The number of unbranched alkanes of at least 4 members (excludes halogenated alkanes) is 1. The van der Waals surface area contributed by atoms with Gasteiger partial charge in [-0.1, -0.05) is 48.2 Å². The van der Waals surface area contributed by atoms with Gasteiger partial charge in [-0.15, -0.1) is 0 Å². The first kappa shape index (κ1) is 15.8. The zero-order chi connectivity index (χ0) is 13.5. The van der Waals surface area contributed by atoms with E-state index in [1.54, 1.807) is 0 Å². The molecule has 1 rings (SSSR count). The molecule has 0 aromatic carbocycles. The SMILES string of the molecule is CCCCC(CCO)OC1=CC(C)C(Br)C(C)=C1. The van der Waals surface area contributed by atoms with Crippen molar-refractivity contribution in [1.29, 1.82) is 0 Å². The van der Waals surface area contributed by atoms with Crippen LogP contribution in [0.4, 0.5) is 0 Å². The molecule has 2 nitrogen and oxygen atoms in total. The Morgan fingerprint density at radius 2 is 2.17 bits per heavy atom. The van der Waals surface area contributed by atoms with Crippen LogP contribution in [0, 0.1) is 5.92 Å². The van der Waals surface area contributed by atoms with Crippen LogP contribution in [0.2, 0.25) is 0 Å². The van der Waals surface area contributed by atoms with Gasteiger partial charge in [-0.05, 0) is 31.4 Å². The van der Waals surface area contributed by atoms with Crippen LogP contribution in [0.1, 0.15) is 46.5 Å². The van der Waals surface area contributed by atoms with E-state index >= 15 is 0 Å². The molecule has 3 heteroatoms. The van der Waals surface area contributed by atoms with Crippen molar-refractivity contribution in [2.24, 2.45) is 5.92 Å². The Morgan fingerprint density at radius 1 is 1.44 bits per heavy atom. The molecule has 3 unspecified atom stereocenters. The van der Waals surface area contributed by atoms with Crippen molar-refractivity contribution >= 4 is 15.9 Å². The lowest BCUT2D eigenvalue weighted by Crippen LogP contribution is -2.19. The molecule has 0 saturated carbocycles. The Morgan fingerprint density at radius 3 is 2.72 bits per heavy atom. The monoisotopic (exact) mass is 316 g/mol. The van der Waals surface area contributed by atoms with Crippen LogP contribution in [0.25, 0.3) is 0 Å². The Bertz CT molecular complexity index is 310. The molecule has 0 spiro atoms. The molecule has 0 heterocycles. The molecule has 1 N–H and O–H groups in total. The van der Waals surface area contributed by atoms with Crippen LogP contribution >= 0.6 is 15.9 Å². The van der Waals surface area contributed by atoms with Gasteiger partial charge in [0.05, 0.1) is 0 Å². The Hall–Kier alpha value is -0.280. The lowest BCUT2D eigenvalue weighted by molar-refractivity contribution is 0.0853. The smallest absolute Gasteiger partial charge is 0.116 e. The molecule has 18 heavy (non-hydrogen) atoms. The number of allylic oxidation sites excluding steroid dienone is 3. The van der Waals surface area contributed by atoms with Crippen molar-refractivity contribution in [2.45, 2.75) is 57.4 Å². The van der Waals surface area contributed by atoms with Crippen LogP contribution in [0.5, 0.6) is 0 Å². The molecule has 0 saturated heterocycles. The van der Waals surface area contributed by atoms with E-state index in [1.807, 2.05) is 0 Å². The van der Waals surface area contributed by atoms with Crippen LogP contribution in [0.3, 0.4) is 0 Å². The first-order valence-corrected chi connectivity index (χ1v) is 7.81. The predicted molar refractivity (Wildman–Crippen MR) is 79.8 cm³/mol. The van der Waals surface area contributed by atoms with Gasteiger partial charge in [0, 0.05) is 17.9 Å². The van der Waals surface area contributed by atoms with Gasteiger partial charge in [0.25, 0.3) is 0 Å². The van der Waals surface area contributed by atoms with E-state index < -0.39 is 0 Å². The average molecular weight is 317 g/mol. The maximum atomic E-state index is 9.09. The Labute approximate surface area is 119 Å². The minimum atomic E-state index is 0.143. The molecule has 0 amide bonds. The van der Waals surface area contributed by atoms with E-state index in [0.717, 1.165) is 25.0 Å². The fourth-order valence-corrected chi connectivity index (χ4v) is 2.50. The number of halogens is 1. The maximum absolute atomic E-state index is 9.09. The van der Waals surface area contributed by atoms with E-state index in [0.29, 0.717) is 10.7 Å². The summed E-state index contributed by atoms with van der Waals surface area (Å²) in [7, 11) is 0. The first-order chi connectivity index (χ1) is 8.58. The largest absolute Gasteiger partial charge is 0.491 e. The highest BCUT2D eigenvalue weighted by atomic mass is 79.9. The Balaban J connectivity index is 2.60. The van der Waals surface area contributed by atoms with Gasteiger partial charge >= 0.3 is 0 Å². The normalized spacial score (nSPS) is 25.4. The highest BCUT2D eigenvalue weighted by Gasteiger charge is 2.21. The van der Waals surface area contributed by atoms with Crippen LogP contribution in [-0.4, -0.2) is 22.6 Å². The first-order valence-electron chi connectivity index (χ1n) is 6.90. The standard InChI is InChI=1S/C15H25BrO2/c1-4-5-6-13(7-8-17)18-14-9-11(2)15(16)12(3)10-14/h9-11,13,15,17H,4-8H2,1-3H3. The summed E-state index contributed by atoms with van der Waals surface area (Å²) in [4.78, 5) is 0.414. The van der Waals surface area contributed by atoms with Gasteiger partial charge < -0.3 is 9.84 Å². The summed E-state index contributed by atoms with van der Waals surface area (Å²) >= 11 is 3.68. The molecular formula is C15H25BrO2. The highest BCUT2D eigenvalue weighted by Crippen LogP contribution is 2.30. The van der Waals surface area contributed by atoms with Crippen molar-refractivity contribution in [3.63, 3.8) is 0 Å². The van der Waals surface area contributed by atoms with E-state index in [9.17, 15) is 0 Å². The van der Waals surface area contributed by atoms with Crippen LogP contribution < -0.4 is 0 Å². The van der Waals surface area contributed by atoms with Crippen molar-refractivity contribution in [1.82, 2.24) is 0 Å². The number of hydrogen-bond acceptors (Lipinski definition) is 2. The molecule has 0 bridgehead atoms. The molecule has 0 aromatic rings. The van der Waals surface area contributed by atoms with Crippen molar-refractivity contribution in [3.05, 3.63) is 23.5 Å². The summed E-state index contributed by atoms with van der Waals surface area (Å²) in [6.07, 6.45) is 8.47. The zero-order valence-electron chi connectivity index (χ0n) is 11.7. The van der Waals surface area contributed by atoms with Gasteiger partial charge in [-0.25, -0.2) is 0 Å². The number of hydrogen-bond donors (Lipinski definition) is 1. The molecule has 104 valence electrons. The summed E-state index contributed by atoms with van der Waals surface area (Å²) in [6, 6.07) is 0. The van der Waals surface area contributed by atoms with E-state index in [2.05, 4.69) is 48.9 Å². The predicted octanol–water partition coefficient (Wildman–Crippen LogP) is 4.19. The third kappa shape index (κ3) is 4.77. The number of ether oxygens (including phenoxy) is 1. The van der Waals surface area contributed by atoms with Gasteiger partial charge in [0.1, 0.15) is 11.9 Å². The van der Waals surface area contributed by atoms with Gasteiger partial charge in [-0.3, -0.25) is 0 Å². The quantitative estimate of drug-likeness (QED) is 0.714. The Kier molecular flexibility index (Phi) is 7.02. The average Bonchev–Trinajstić information content (AvgIpc) is 2.33. The molecule has 0 fully saturated rings.